The van der Waals surface area contributed by atoms with Gasteiger partial charge in [0.25, 0.3) is 0 Å². The molecule has 1 N–H and O–H groups in total. The van der Waals surface area contributed by atoms with E-state index >= 15 is 0 Å². The van der Waals surface area contributed by atoms with E-state index in [9.17, 15) is 9.59 Å². The lowest BCUT2D eigenvalue weighted by molar-refractivity contribution is -0.141. The summed E-state index contributed by atoms with van der Waals surface area (Å²) in [4.78, 5) is 27.5. The number of carbonyl (C=O) groups excluding carboxylic acids is 2. The molecule has 2 amide bonds. The average molecular weight is 360 g/mol. The molecule has 0 aromatic heterocycles. The van der Waals surface area contributed by atoms with Gasteiger partial charge in [-0.2, -0.15) is 0 Å². The number of benzene rings is 1. The zero-order valence-corrected chi connectivity index (χ0v) is 15.6. The zero-order valence-electron chi connectivity index (χ0n) is 15.6. The van der Waals surface area contributed by atoms with Crippen molar-refractivity contribution in [2.24, 2.45) is 5.92 Å². The number of anilines is 1. The summed E-state index contributed by atoms with van der Waals surface area (Å²) in [5.41, 5.74) is 0.614. The molecule has 6 heteroatoms. The Morgan fingerprint density at radius 3 is 2.23 bits per heavy atom. The lowest BCUT2D eigenvalue weighted by Crippen LogP contribution is -2.46. The minimum Gasteiger partial charge on any atom is -0.497 e. The van der Waals surface area contributed by atoms with E-state index < -0.39 is 0 Å². The van der Waals surface area contributed by atoms with E-state index in [1.807, 2.05) is 0 Å². The molecule has 3 rings (SSSR count). The van der Waals surface area contributed by atoms with Gasteiger partial charge in [-0.05, 0) is 25.7 Å². The Labute approximate surface area is 154 Å². The summed E-state index contributed by atoms with van der Waals surface area (Å²) in [5.74, 6) is 1.34. The molecule has 26 heavy (non-hydrogen) atoms. The summed E-state index contributed by atoms with van der Waals surface area (Å²) in [7, 11) is 3.14. The maximum Gasteiger partial charge on any atom is 0.247 e. The van der Waals surface area contributed by atoms with Gasteiger partial charge >= 0.3 is 0 Å². The molecule has 1 aromatic rings. The van der Waals surface area contributed by atoms with Crippen LogP contribution in [0.4, 0.5) is 5.69 Å². The van der Waals surface area contributed by atoms with Crippen LogP contribution in [-0.2, 0) is 9.59 Å². The smallest absolute Gasteiger partial charge is 0.247 e. The van der Waals surface area contributed by atoms with Crippen molar-refractivity contribution in [3.05, 3.63) is 18.2 Å². The number of amides is 2. The van der Waals surface area contributed by atoms with E-state index in [0.29, 0.717) is 30.2 Å². The van der Waals surface area contributed by atoms with Crippen molar-refractivity contribution >= 4 is 17.5 Å². The van der Waals surface area contributed by atoms with Crippen molar-refractivity contribution in [1.82, 2.24) is 4.90 Å². The zero-order chi connectivity index (χ0) is 18.5. The van der Waals surface area contributed by atoms with Crippen molar-refractivity contribution in [2.75, 3.05) is 26.1 Å². The molecule has 1 aromatic carbocycles. The van der Waals surface area contributed by atoms with E-state index in [-0.39, 0.29) is 23.8 Å². The number of nitrogens with one attached hydrogen (secondary N) is 1. The van der Waals surface area contributed by atoms with Gasteiger partial charge < -0.3 is 19.7 Å². The third kappa shape index (κ3) is 4.11. The van der Waals surface area contributed by atoms with Crippen LogP contribution in [0.25, 0.3) is 0 Å². The number of hydrogen-bond acceptors (Lipinski definition) is 4. The third-order valence-electron chi connectivity index (χ3n) is 5.41. The first-order valence-electron chi connectivity index (χ1n) is 9.47. The first-order valence-corrected chi connectivity index (χ1v) is 9.47. The highest BCUT2D eigenvalue weighted by Crippen LogP contribution is 2.30. The van der Waals surface area contributed by atoms with Gasteiger partial charge in [-0.1, -0.05) is 19.3 Å². The van der Waals surface area contributed by atoms with E-state index in [4.69, 9.17) is 9.47 Å². The quantitative estimate of drug-likeness (QED) is 0.875. The molecule has 0 spiro atoms. The lowest BCUT2D eigenvalue weighted by atomic mass is 9.88. The topological polar surface area (TPSA) is 67.9 Å². The molecule has 142 valence electrons. The van der Waals surface area contributed by atoms with Gasteiger partial charge in [0, 0.05) is 36.3 Å². The van der Waals surface area contributed by atoms with Crippen LogP contribution < -0.4 is 14.8 Å². The van der Waals surface area contributed by atoms with Crippen molar-refractivity contribution in [3.8, 4) is 11.5 Å². The fourth-order valence-electron chi connectivity index (χ4n) is 3.99. The van der Waals surface area contributed by atoms with Crippen LogP contribution in [0.3, 0.4) is 0 Å². The summed E-state index contributed by atoms with van der Waals surface area (Å²) < 4.78 is 10.5. The Kier molecular flexibility index (Phi) is 6.01. The van der Waals surface area contributed by atoms with Gasteiger partial charge in [0.05, 0.1) is 14.2 Å². The highest BCUT2D eigenvalue weighted by Gasteiger charge is 2.37. The minimum atomic E-state index is -0.387. The summed E-state index contributed by atoms with van der Waals surface area (Å²) in [5, 5.41) is 2.93. The lowest BCUT2D eigenvalue weighted by Gasteiger charge is -2.30. The maximum atomic E-state index is 12.9. The van der Waals surface area contributed by atoms with Crippen molar-refractivity contribution < 1.29 is 19.1 Å². The number of methoxy groups -OCH3 is 2. The van der Waals surface area contributed by atoms with E-state index in [2.05, 4.69) is 5.32 Å². The molecule has 1 heterocycles. The minimum absolute atomic E-state index is 0.0917. The Morgan fingerprint density at radius 2 is 1.62 bits per heavy atom. The molecule has 1 aliphatic carbocycles. The third-order valence-corrected chi connectivity index (χ3v) is 5.41. The number of nitrogens with zero attached hydrogens (tertiary/aromatic N) is 1. The van der Waals surface area contributed by atoms with Crippen LogP contribution >= 0.6 is 0 Å². The standard InChI is InChI=1S/C20H28N2O4/c1-25-16-11-15(12-17(13-16)26-2)21-19(23)18-9-6-10-22(18)20(24)14-7-4-3-5-8-14/h11-14,18H,3-10H2,1-2H3,(H,21,23). The largest absolute Gasteiger partial charge is 0.497 e. The normalized spacial score (nSPS) is 20.7. The van der Waals surface area contributed by atoms with Gasteiger partial charge in [-0.25, -0.2) is 0 Å². The Balaban J connectivity index is 1.69. The van der Waals surface area contributed by atoms with Crippen molar-refractivity contribution in [3.63, 3.8) is 0 Å². The fourth-order valence-corrected chi connectivity index (χ4v) is 3.99. The van der Waals surface area contributed by atoms with Crippen molar-refractivity contribution in [1.29, 1.82) is 0 Å². The van der Waals surface area contributed by atoms with Gasteiger partial charge in [-0.3, -0.25) is 9.59 Å². The Morgan fingerprint density at radius 1 is 0.962 bits per heavy atom. The predicted molar refractivity (Wildman–Crippen MR) is 99.5 cm³/mol. The van der Waals surface area contributed by atoms with E-state index in [1.165, 1.54) is 6.42 Å². The number of ether oxygens (including phenoxy) is 2. The molecular formula is C20H28N2O4. The molecule has 1 saturated carbocycles. The highest BCUT2D eigenvalue weighted by atomic mass is 16.5. The second-order valence-electron chi connectivity index (χ2n) is 7.12. The van der Waals surface area contributed by atoms with Crippen molar-refractivity contribution in [2.45, 2.75) is 51.0 Å². The van der Waals surface area contributed by atoms with Crippen LogP contribution in [0.2, 0.25) is 0 Å². The molecule has 1 aliphatic heterocycles. The number of carbonyl (C=O) groups is 2. The summed E-state index contributed by atoms with van der Waals surface area (Å²) >= 11 is 0. The molecule has 1 saturated heterocycles. The fraction of sp³-hybridized carbons (Fsp3) is 0.600. The second-order valence-corrected chi connectivity index (χ2v) is 7.12. The number of likely N-dealkylation sites (tertiary alicyclic amines) is 1. The SMILES string of the molecule is COc1cc(NC(=O)C2CCCN2C(=O)C2CCCCC2)cc(OC)c1. The Bertz CT molecular complexity index is 633. The average Bonchev–Trinajstić information content (AvgIpc) is 3.17. The van der Waals surface area contributed by atoms with Crippen LogP contribution in [0.5, 0.6) is 11.5 Å². The Hall–Kier alpha value is -2.24. The summed E-state index contributed by atoms with van der Waals surface area (Å²) in [6.45, 7) is 0.675. The first-order chi connectivity index (χ1) is 12.6. The predicted octanol–water partition coefficient (Wildman–Crippen LogP) is 3.21. The number of rotatable bonds is 5. The summed E-state index contributed by atoms with van der Waals surface area (Å²) in [6, 6.07) is 4.87. The molecule has 1 atom stereocenters. The van der Waals surface area contributed by atoms with Gasteiger partial charge in [0.15, 0.2) is 0 Å². The molecular weight excluding hydrogens is 332 g/mol. The molecule has 2 aliphatic rings. The maximum absolute atomic E-state index is 12.9. The molecule has 1 unspecified atom stereocenters. The van der Waals surface area contributed by atoms with E-state index in [0.717, 1.165) is 32.1 Å². The molecule has 0 bridgehead atoms. The van der Waals surface area contributed by atoms with Crippen LogP contribution in [-0.4, -0.2) is 43.5 Å². The molecule has 0 radical (unpaired) electrons. The van der Waals surface area contributed by atoms with Crippen LogP contribution in [0.15, 0.2) is 18.2 Å². The monoisotopic (exact) mass is 360 g/mol. The van der Waals surface area contributed by atoms with Gasteiger partial charge in [-0.15, -0.1) is 0 Å². The van der Waals surface area contributed by atoms with E-state index in [1.54, 1.807) is 37.3 Å². The van der Waals surface area contributed by atoms with Gasteiger partial charge in [0.2, 0.25) is 11.8 Å². The second kappa shape index (κ2) is 8.43. The molecule has 6 nitrogen and oxygen atoms in total. The molecule has 2 fully saturated rings. The van der Waals surface area contributed by atoms with Crippen LogP contribution in [0.1, 0.15) is 44.9 Å². The van der Waals surface area contributed by atoms with Gasteiger partial charge in [0.1, 0.15) is 17.5 Å². The highest BCUT2D eigenvalue weighted by molar-refractivity contribution is 5.98. The van der Waals surface area contributed by atoms with Crippen LogP contribution in [0, 0.1) is 5.92 Å². The first kappa shape index (κ1) is 18.5. The summed E-state index contributed by atoms with van der Waals surface area (Å²) in [6.07, 6.45) is 6.94. The number of hydrogen-bond donors (Lipinski definition) is 1.